The Morgan fingerprint density at radius 2 is 2.20 bits per heavy atom. The van der Waals surface area contributed by atoms with E-state index >= 15 is 0 Å². The molecule has 1 saturated heterocycles. The molecule has 1 saturated carbocycles. The van der Waals surface area contributed by atoms with Crippen LogP contribution in [0.4, 0.5) is 0 Å². The molecule has 0 spiro atoms. The molecule has 15 heavy (non-hydrogen) atoms. The number of likely N-dealkylation sites (tertiary alicyclic amines) is 1. The Labute approximate surface area is 92.8 Å². The average molecular weight is 212 g/mol. The quantitative estimate of drug-likeness (QED) is 0.658. The maximum Gasteiger partial charge on any atom is 0.0583 e. The lowest BCUT2D eigenvalue weighted by Crippen LogP contribution is -2.28. The van der Waals surface area contributed by atoms with E-state index in [1.165, 1.54) is 25.9 Å². The molecule has 2 rings (SSSR count). The lowest BCUT2D eigenvalue weighted by Gasteiger charge is -2.17. The van der Waals surface area contributed by atoms with Gasteiger partial charge >= 0.3 is 0 Å². The van der Waals surface area contributed by atoms with Crippen molar-refractivity contribution < 1.29 is 5.11 Å². The van der Waals surface area contributed by atoms with E-state index in [-0.39, 0.29) is 6.10 Å². The Morgan fingerprint density at radius 3 is 2.93 bits per heavy atom. The van der Waals surface area contributed by atoms with E-state index < -0.39 is 0 Å². The van der Waals surface area contributed by atoms with Gasteiger partial charge in [-0.1, -0.05) is 6.92 Å². The van der Waals surface area contributed by atoms with Crippen LogP contribution in [0, 0.1) is 11.8 Å². The lowest BCUT2D eigenvalue weighted by atomic mass is 10.00. The summed E-state index contributed by atoms with van der Waals surface area (Å²) in [6, 6.07) is 0. The summed E-state index contributed by atoms with van der Waals surface area (Å²) in [4.78, 5) is 2.54. The third-order valence-corrected chi connectivity index (χ3v) is 3.97. The smallest absolute Gasteiger partial charge is 0.0583 e. The van der Waals surface area contributed by atoms with Crippen molar-refractivity contribution in [3.05, 3.63) is 0 Å². The molecule has 0 amide bonds. The zero-order valence-corrected chi connectivity index (χ0v) is 9.78. The summed E-state index contributed by atoms with van der Waals surface area (Å²) < 4.78 is 0. The molecule has 0 bridgehead atoms. The van der Waals surface area contributed by atoms with Gasteiger partial charge in [0.1, 0.15) is 0 Å². The number of aliphatic hydroxyl groups excluding tert-OH is 1. The Bertz CT molecular complexity index is 198. The molecule has 3 heteroatoms. The van der Waals surface area contributed by atoms with Crippen LogP contribution in [0.1, 0.15) is 26.2 Å². The summed E-state index contributed by atoms with van der Waals surface area (Å²) in [5, 5.41) is 13.1. The SMILES string of the molecule is CCNCCCN1CC2CCC(O)C2C1. The second-order valence-corrected chi connectivity index (χ2v) is 5.04. The predicted molar refractivity (Wildman–Crippen MR) is 61.8 cm³/mol. The van der Waals surface area contributed by atoms with Crippen molar-refractivity contribution in [1.82, 2.24) is 10.2 Å². The summed E-state index contributed by atoms with van der Waals surface area (Å²) in [5.41, 5.74) is 0. The lowest BCUT2D eigenvalue weighted by molar-refractivity contribution is 0.124. The van der Waals surface area contributed by atoms with E-state index in [1.807, 2.05) is 0 Å². The molecular formula is C12H24N2O. The first-order chi connectivity index (χ1) is 7.31. The fraction of sp³-hybridized carbons (Fsp3) is 1.00. The van der Waals surface area contributed by atoms with Crippen LogP contribution in [0.15, 0.2) is 0 Å². The summed E-state index contributed by atoms with van der Waals surface area (Å²) in [5.74, 6) is 1.38. The maximum absolute atomic E-state index is 9.79. The molecule has 88 valence electrons. The van der Waals surface area contributed by atoms with Crippen molar-refractivity contribution in [2.75, 3.05) is 32.7 Å². The second-order valence-electron chi connectivity index (χ2n) is 5.04. The molecule has 2 N–H and O–H groups in total. The van der Waals surface area contributed by atoms with Crippen molar-refractivity contribution in [2.24, 2.45) is 11.8 Å². The molecule has 1 aliphatic heterocycles. The average Bonchev–Trinajstić information content (AvgIpc) is 2.76. The highest BCUT2D eigenvalue weighted by Crippen LogP contribution is 2.37. The van der Waals surface area contributed by atoms with E-state index in [1.54, 1.807) is 0 Å². The molecule has 2 fully saturated rings. The van der Waals surface area contributed by atoms with E-state index in [2.05, 4.69) is 17.1 Å². The molecule has 0 aromatic heterocycles. The fourth-order valence-electron chi connectivity index (χ4n) is 3.12. The van der Waals surface area contributed by atoms with Gasteiger partial charge in [0.05, 0.1) is 6.10 Å². The number of hydrogen-bond donors (Lipinski definition) is 2. The largest absolute Gasteiger partial charge is 0.393 e. The van der Waals surface area contributed by atoms with Crippen LogP contribution in [-0.4, -0.2) is 48.8 Å². The number of fused-ring (bicyclic) bond motifs is 1. The van der Waals surface area contributed by atoms with Gasteiger partial charge in [0.25, 0.3) is 0 Å². The Balaban J connectivity index is 1.65. The van der Waals surface area contributed by atoms with E-state index in [0.717, 1.165) is 32.0 Å². The van der Waals surface area contributed by atoms with Gasteiger partial charge in [-0.2, -0.15) is 0 Å². The first-order valence-corrected chi connectivity index (χ1v) is 6.42. The highest BCUT2D eigenvalue weighted by Gasteiger charge is 2.41. The molecule has 3 atom stereocenters. The highest BCUT2D eigenvalue weighted by molar-refractivity contribution is 4.93. The minimum atomic E-state index is -0.00577. The van der Waals surface area contributed by atoms with Gasteiger partial charge in [-0.05, 0) is 44.8 Å². The third-order valence-electron chi connectivity index (χ3n) is 3.97. The third kappa shape index (κ3) is 2.71. The Morgan fingerprint density at radius 1 is 1.33 bits per heavy atom. The van der Waals surface area contributed by atoms with Crippen molar-refractivity contribution in [1.29, 1.82) is 0 Å². The van der Waals surface area contributed by atoms with Crippen LogP contribution in [0.25, 0.3) is 0 Å². The highest BCUT2D eigenvalue weighted by atomic mass is 16.3. The van der Waals surface area contributed by atoms with Crippen LogP contribution < -0.4 is 5.32 Å². The zero-order chi connectivity index (χ0) is 10.7. The topological polar surface area (TPSA) is 35.5 Å². The number of nitrogens with one attached hydrogen (secondary N) is 1. The Hall–Kier alpha value is -0.120. The van der Waals surface area contributed by atoms with Crippen molar-refractivity contribution in [3.8, 4) is 0 Å². The molecule has 0 aromatic rings. The number of hydrogen-bond acceptors (Lipinski definition) is 3. The zero-order valence-electron chi connectivity index (χ0n) is 9.78. The molecule has 3 nitrogen and oxygen atoms in total. The monoisotopic (exact) mass is 212 g/mol. The summed E-state index contributed by atoms with van der Waals surface area (Å²) in [6.07, 6.45) is 3.52. The summed E-state index contributed by atoms with van der Waals surface area (Å²) >= 11 is 0. The van der Waals surface area contributed by atoms with E-state index in [4.69, 9.17) is 0 Å². The predicted octanol–water partition coefficient (Wildman–Crippen LogP) is 0.689. The molecule has 2 aliphatic rings. The number of nitrogens with zero attached hydrogens (tertiary/aromatic N) is 1. The van der Waals surface area contributed by atoms with Crippen LogP contribution in [0.2, 0.25) is 0 Å². The van der Waals surface area contributed by atoms with Gasteiger partial charge in [-0.25, -0.2) is 0 Å². The van der Waals surface area contributed by atoms with Crippen molar-refractivity contribution in [3.63, 3.8) is 0 Å². The molecule has 0 radical (unpaired) electrons. The minimum absolute atomic E-state index is 0.00577. The Kier molecular flexibility index (Phi) is 4.00. The number of aliphatic hydroxyl groups is 1. The number of rotatable bonds is 5. The summed E-state index contributed by atoms with van der Waals surface area (Å²) in [7, 11) is 0. The normalized spacial score (nSPS) is 36.0. The molecule has 1 aliphatic carbocycles. The van der Waals surface area contributed by atoms with Gasteiger partial charge in [0.2, 0.25) is 0 Å². The van der Waals surface area contributed by atoms with Gasteiger partial charge < -0.3 is 15.3 Å². The molecular weight excluding hydrogens is 188 g/mol. The van der Waals surface area contributed by atoms with Gasteiger partial charge in [-0.15, -0.1) is 0 Å². The standard InChI is InChI=1S/C12H24N2O/c1-2-13-6-3-7-14-8-10-4-5-12(15)11(10)9-14/h10-13,15H,2-9H2,1H3. The first-order valence-electron chi connectivity index (χ1n) is 6.42. The molecule has 0 aromatic carbocycles. The van der Waals surface area contributed by atoms with E-state index in [9.17, 15) is 5.11 Å². The van der Waals surface area contributed by atoms with Gasteiger partial charge in [0, 0.05) is 19.0 Å². The second kappa shape index (κ2) is 5.28. The first kappa shape index (κ1) is 11.4. The van der Waals surface area contributed by atoms with Crippen molar-refractivity contribution in [2.45, 2.75) is 32.3 Å². The van der Waals surface area contributed by atoms with Crippen LogP contribution in [-0.2, 0) is 0 Å². The minimum Gasteiger partial charge on any atom is -0.393 e. The molecule has 3 unspecified atom stereocenters. The maximum atomic E-state index is 9.79. The van der Waals surface area contributed by atoms with Gasteiger partial charge in [-0.3, -0.25) is 0 Å². The molecule has 1 heterocycles. The van der Waals surface area contributed by atoms with E-state index in [0.29, 0.717) is 5.92 Å². The van der Waals surface area contributed by atoms with Crippen LogP contribution in [0.3, 0.4) is 0 Å². The summed E-state index contributed by atoms with van der Waals surface area (Å²) in [6.45, 7) is 7.92. The fourth-order valence-corrected chi connectivity index (χ4v) is 3.12. The van der Waals surface area contributed by atoms with Crippen LogP contribution >= 0.6 is 0 Å². The van der Waals surface area contributed by atoms with Crippen LogP contribution in [0.5, 0.6) is 0 Å². The van der Waals surface area contributed by atoms with Gasteiger partial charge in [0.15, 0.2) is 0 Å². The van der Waals surface area contributed by atoms with Crippen molar-refractivity contribution >= 4 is 0 Å².